The summed E-state index contributed by atoms with van der Waals surface area (Å²) >= 11 is 0. The first-order valence-corrected chi connectivity index (χ1v) is 11.3. The van der Waals surface area contributed by atoms with Crippen molar-refractivity contribution in [3.05, 3.63) is 24.3 Å². The number of ether oxygens (including phenoxy) is 1. The van der Waals surface area contributed by atoms with E-state index in [1.54, 1.807) is 36.3 Å². The van der Waals surface area contributed by atoms with Crippen LogP contribution in [0, 0.1) is 0 Å². The number of rotatable bonds is 6. The molecule has 4 rings (SSSR count). The number of carbonyl (C=O) groups is 4. The van der Waals surface area contributed by atoms with Crippen LogP contribution in [0.1, 0.15) is 51.4 Å². The summed E-state index contributed by atoms with van der Waals surface area (Å²) in [5.41, 5.74) is -0.153. The van der Waals surface area contributed by atoms with E-state index in [1.807, 2.05) is 0 Å². The molecule has 1 atom stereocenters. The number of carbonyl (C=O) groups excluding carboxylic acids is 4. The van der Waals surface area contributed by atoms with Gasteiger partial charge < -0.3 is 20.3 Å². The van der Waals surface area contributed by atoms with Crippen molar-refractivity contribution in [2.24, 2.45) is 0 Å². The lowest BCUT2D eigenvalue weighted by Gasteiger charge is -2.30. The Bertz CT molecular complexity index is 894. The van der Waals surface area contributed by atoms with Gasteiger partial charge in [0.2, 0.25) is 11.8 Å². The normalized spacial score (nSPS) is 22.2. The van der Waals surface area contributed by atoms with Gasteiger partial charge in [-0.1, -0.05) is 19.3 Å². The van der Waals surface area contributed by atoms with Crippen LogP contribution in [0.3, 0.4) is 0 Å². The van der Waals surface area contributed by atoms with Gasteiger partial charge in [0.15, 0.2) is 0 Å². The number of imide groups is 1. The van der Waals surface area contributed by atoms with Crippen molar-refractivity contribution in [2.75, 3.05) is 25.5 Å². The van der Waals surface area contributed by atoms with E-state index < -0.39 is 17.6 Å². The summed E-state index contributed by atoms with van der Waals surface area (Å²) in [4.78, 5) is 53.7. The number of nitrogens with one attached hydrogen (secondary N) is 2. The first-order valence-electron chi connectivity index (χ1n) is 11.3. The topological polar surface area (TPSA) is 108 Å². The second kappa shape index (κ2) is 9.18. The summed E-state index contributed by atoms with van der Waals surface area (Å²) in [7, 11) is 1.57. The van der Waals surface area contributed by atoms with Gasteiger partial charge in [-0.25, -0.2) is 4.79 Å². The molecule has 2 N–H and O–H groups in total. The minimum absolute atomic E-state index is 0.0154. The molecule has 1 aromatic rings. The first-order chi connectivity index (χ1) is 15.4. The Balaban J connectivity index is 1.33. The minimum Gasteiger partial charge on any atom is -0.497 e. The van der Waals surface area contributed by atoms with Gasteiger partial charge in [0.05, 0.1) is 7.11 Å². The molecule has 5 amide bonds. The fraction of sp³-hybridized carbons (Fsp3) is 0.565. The molecule has 2 aliphatic heterocycles. The maximum Gasteiger partial charge on any atom is 0.325 e. The summed E-state index contributed by atoms with van der Waals surface area (Å²) in [5, 5.41) is 5.72. The molecule has 9 heteroatoms. The molecule has 2 saturated heterocycles. The smallest absolute Gasteiger partial charge is 0.325 e. The quantitative estimate of drug-likeness (QED) is 0.657. The number of benzene rings is 1. The molecule has 32 heavy (non-hydrogen) atoms. The third-order valence-electron chi connectivity index (χ3n) is 6.74. The number of urea groups is 1. The van der Waals surface area contributed by atoms with Crippen LogP contribution in [0.25, 0.3) is 0 Å². The lowest BCUT2D eigenvalue weighted by molar-refractivity contribution is -0.138. The van der Waals surface area contributed by atoms with E-state index in [0.29, 0.717) is 37.2 Å². The van der Waals surface area contributed by atoms with Crippen molar-refractivity contribution in [2.45, 2.75) is 62.9 Å². The van der Waals surface area contributed by atoms with Crippen LogP contribution in [0.2, 0.25) is 0 Å². The number of likely N-dealkylation sites (tertiary alicyclic amines) is 1. The van der Waals surface area contributed by atoms with Crippen LogP contribution in [0.5, 0.6) is 5.75 Å². The van der Waals surface area contributed by atoms with E-state index in [0.717, 1.165) is 25.7 Å². The molecule has 0 aromatic heterocycles. The van der Waals surface area contributed by atoms with Gasteiger partial charge in [-0.3, -0.25) is 19.3 Å². The van der Waals surface area contributed by atoms with Gasteiger partial charge in [-0.2, -0.15) is 0 Å². The highest BCUT2D eigenvalue weighted by Crippen LogP contribution is 2.33. The van der Waals surface area contributed by atoms with E-state index in [1.165, 1.54) is 4.90 Å². The predicted octanol–water partition coefficient (Wildman–Crippen LogP) is 2.27. The molecule has 1 aliphatic carbocycles. The second-order valence-corrected chi connectivity index (χ2v) is 8.74. The Labute approximate surface area is 187 Å². The molecule has 1 saturated carbocycles. The minimum atomic E-state index is -0.785. The van der Waals surface area contributed by atoms with Crippen molar-refractivity contribution >= 4 is 29.4 Å². The van der Waals surface area contributed by atoms with Crippen LogP contribution in [0.15, 0.2) is 24.3 Å². The Morgan fingerprint density at radius 3 is 2.53 bits per heavy atom. The fourth-order valence-electron chi connectivity index (χ4n) is 4.96. The van der Waals surface area contributed by atoms with E-state index in [2.05, 4.69) is 10.6 Å². The van der Waals surface area contributed by atoms with E-state index in [9.17, 15) is 19.2 Å². The number of hydrogen-bond donors (Lipinski definition) is 2. The maximum absolute atomic E-state index is 12.9. The van der Waals surface area contributed by atoms with E-state index in [-0.39, 0.29) is 30.7 Å². The number of hydrogen-bond acceptors (Lipinski definition) is 5. The SMILES string of the molecule is COc1ccc(NC(=O)C2CCCN2C(=O)CCN2C(=O)NC3(CCCCC3)C2=O)cc1. The molecule has 172 valence electrons. The monoisotopic (exact) mass is 442 g/mol. The van der Waals surface area contributed by atoms with Gasteiger partial charge in [-0.15, -0.1) is 0 Å². The molecular weight excluding hydrogens is 412 g/mol. The zero-order valence-electron chi connectivity index (χ0n) is 18.4. The Kier molecular flexibility index (Phi) is 6.34. The molecule has 9 nitrogen and oxygen atoms in total. The van der Waals surface area contributed by atoms with Crippen LogP contribution < -0.4 is 15.4 Å². The number of nitrogens with zero attached hydrogens (tertiary/aromatic N) is 2. The van der Waals surface area contributed by atoms with Crippen LogP contribution in [-0.4, -0.2) is 65.3 Å². The Morgan fingerprint density at radius 2 is 1.84 bits per heavy atom. The molecule has 1 unspecified atom stereocenters. The van der Waals surface area contributed by atoms with Crippen molar-refractivity contribution in [3.8, 4) is 5.75 Å². The number of amides is 5. The van der Waals surface area contributed by atoms with Crippen LogP contribution in [0.4, 0.5) is 10.5 Å². The molecule has 3 fully saturated rings. The van der Waals surface area contributed by atoms with Gasteiger partial charge in [0.1, 0.15) is 17.3 Å². The Hall–Kier alpha value is -3.10. The van der Waals surface area contributed by atoms with Crippen molar-refractivity contribution in [1.82, 2.24) is 15.1 Å². The standard InChI is InChI=1S/C23H30N4O5/c1-32-17-9-7-16(8-10-17)24-20(29)18-6-5-14-26(18)19(28)11-15-27-21(30)23(25-22(27)31)12-3-2-4-13-23/h7-10,18H,2-6,11-15H2,1H3,(H,24,29)(H,25,31). The zero-order valence-corrected chi connectivity index (χ0v) is 18.4. The fourth-order valence-corrected chi connectivity index (χ4v) is 4.96. The molecular formula is C23H30N4O5. The largest absolute Gasteiger partial charge is 0.497 e. The van der Waals surface area contributed by atoms with Crippen molar-refractivity contribution < 1.29 is 23.9 Å². The van der Waals surface area contributed by atoms with Gasteiger partial charge >= 0.3 is 6.03 Å². The molecule has 1 aromatic carbocycles. The summed E-state index contributed by atoms with van der Waals surface area (Å²) in [5.74, 6) is 0.0149. The van der Waals surface area contributed by atoms with Gasteiger partial charge in [0.25, 0.3) is 5.91 Å². The Morgan fingerprint density at radius 1 is 1.12 bits per heavy atom. The highest BCUT2D eigenvalue weighted by molar-refractivity contribution is 6.07. The highest BCUT2D eigenvalue weighted by Gasteiger charge is 2.51. The third-order valence-corrected chi connectivity index (χ3v) is 6.74. The van der Waals surface area contributed by atoms with Crippen molar-refractivity contribution in [1.29, 1.82) is 0 Å². The van der Waals surface area contributed by atoms with Crippen molar-refractivity contribution in [3.63, 3.8) is 0 Å². The zero-order chi connectivity index (χ0) is 22.7. The predicted molar refractivity (Wildman–Crippen MR) is 117 cm³/mol. The number of methoxy groups -OCH3 is 1. The molecule has 2 heterocycles. The molecule has 1 spiro atoms. The van der Waals surface area contributed by atoms with Gasteiger partial charge in [-0.05, 0) is 49.9 Å². The maximum atomic E-state index is 12.9. The lowest BCUT2D eigenvalue weighted by atomic mass is 9.82. The van der Waals surface area contributed by atoms with E-state index in [4.69, 9.17) is 4.74 Å². The average Bonchev–Trinajstić information content (AvgIpc) is 3.37. The average molecular weight is 443 g/mol. The lowest BCUT2D eigenvalue weighted by Crippen LogP contribution is -2.48. The first kappa shape index (κ1) is 22.1. The van der Waals surface area contributed by atoms with Crippen LogP contribution >= 0.6 is 0 Å². The number of anilines is 1. The van der Waals surface area contributed by atoms with Gasteiger partial charge in [0, 0.05) is 25.2 Å². The second-order valence-electron chi connectivity index (χ2n) is 8.74. The third kappa shape index (κ3) is 4.28. The molecule has 3 aliphatic rings. The molecule has 0 radical (unpaired) electrons. The molecule has 0 bridgehead atoms. The van der Waals surface area contributed by atoms with E-state index >= 15 is 0 Å². The summed E-state index contributed by atoms with van der Waals surface area (Å²) in [6, 6.07) is 6.03. The summed E-state index contributed by atoms with van der Waals surface area (Å²) < 4.78 is 5.12. The summed E-state index contributed by atoms with van der Waals surface area (Å²) in [6.45, 7) is 0.526. The summed E-state index contributed by atoms with van der Waals surface area (Å²) in [6.07, 6.45) is 5.54. The highest BCUT2D eigenvalue weighted by atomic mass is 16.5. The van der Waals surface area contributed by atoms with Crippen LogP contribution in [-0.2, 0) is 14.4 Å².